The van der Waals surface area contributed by atoms with Gasteiger partial charge in [0, 0.05) is 12.7 Å². The molecule has 0 saturated heterocycles. The van der Waals surface area contributed by atoms with Crippen LogP contribution in [0.5, 0.6) is 5.75 Å². The summed E-state index contributed by atoms with van der Waals surface area (Å²) in [5.41, 5.74) is 0.793. The number of rotatable bonds is 5. The Kier molecular flexibility index (Phi) is 4.79. The number of aliphatic hydroxyl groups is 1. The van der Waals surface area contributed by atoms with Gasteiger partial charge in [0.1, 0.15) is 5.75 Å². The molecule has 0 spiro atoms. The summed E-state index contributed by atoms with van der Waals surface area (Å²) in [6.45, 7) is 2.42. The van der Waals surface area contributed by atoms with Crippen LogP contribution < -0.4 is 9.64 Å². The van der Waals surface area contributed by atoms with E-state index in [9.17, 15) is 4.79 Å². The van der Waals surface area contributed by atoms with Gasteiger partial charge in [0.05, 0.1) is 19.6 Å². The fourth-order valence-electron chi connectivity index (χ4n) is 1.34. The summed E-state index contributed by atoms with van der Waals surface area (Å²) in [5, 5.41) is 8.68. The van der Waals surface area contributed by atoms with Gasteiger partial charge >= 0.3 is 0 Å². The van der Waals surface area contributed by atoms with Gasteiger partial charge in [0.25, 0.3) is 0 Å². The lowest BCUT2D eigenvalue weighted by atomic mass is 10.2. The lowest BCUT2D eigenvalue weighted by molar-refractivity contribution is -0.118. The van der Waals surface area contributed by atoms with Crippen LogP contribution in [0.4, 0.5) is 5.69 Å². The van der Waals surface area contributed by atoms with Crippen LogP contribution in [-0.4, -0.2) is 31.3 Å². The molecule has 0 saturated carbocycles. The summed E-state index contributed by atoms with van der Waals surface area (Å²) in [6.07, 6.45) is 0.143. The number of aliphatic hydroxyl groups excluding tert-OH is 1. The number of amides is 1. The Labute approximate surface area is 95.5 Å². The summed E-state index contributed by atoms with van der Waals surface area (Å²) in [7, 11) is 1.69. The molecule has 0 aliphatic heterocycles. The van der Waals surface area contributed by atoms with Gasteiger partial charge in [-0.3, -0.25) is 4.79 Å². The maximum atomic E-state index is 11.5. The third kappa shape index (κ3) is 3.24. The Morgan fingerprint density at radius 2 is 2.00 bits per heavy atom. The molecule has 0 radical (unpaired) electrons. The molecule has 88 valence electrons. The molecule has 4 heteroatoms. The second kappa shape index (κ2) is 6.12. The minimum absolute atomic E-state index is 0.105. The van der Waals surface area contributed by atoms with Crippen LogP contribution in [0.2, 0.25) is 0 Å². The van der Waals surface area contributed by atoms with Crippen molar-refractivity contribution in [1.29, 1.82) is 0 Å². The number of hydrogen-bond acceptors (Lipinski definition) is 3. The van der Waals surface area contributed by atoms with Crippen molar-refractivity contribution in [3.05, 3.63) is 24.3 Å². The minimum atomic E-state index is -0.125. The van der Waals surface area contributed by atoms with Crippen molar-refractivity contribution in [1.82, 2.24) is 0 Å². The summed E-state index contributed by atoms with van der Waals surface area (Å²) < 4.78 is 5.31. The molecule has 1 N–H and O–H groups in total. The normalized spacial score (nSPS) is 9.94. The van der Waals surface area contributed by atoms with E-state index in [0.29, 0.717) is 6.61 Å². The van der Waals surface area contributed by atoms with Crippen molar-refractivity contribution >= 4 is 11.6 Å². The number of anilines is 1. The summed E-state index contributed by atoms with van der Waals surface area (Å²) in [6, 6.07) is 7.28. The Morgan fingerprint density at radius 1 is 1.38 bits per heavy atom. The zero-order chi connectivity index (χ0) is 12.0. The van der Waals surface area contributed by atoms with Crippen molar-refractivity contribution in [2.75, 3.05) is 25.2 Å². The molecule has 16 heavy (non-hydrogen) atoms. The van der Waals surface area contributed by atoms with E-state index in [2.05, 4.69) is 0 Å². The number of nitrogens with zero attached hydrogens (tertiary/aromatic N) is 1. The fourth-order valence-corrected chi connectivity index (χ4v) is 1.34. The molecular weight excluding hydrogens is 206 g/mol. The lowest BCUT2D eigenvalue weighted by Crippen LogP contribution is -2.26. The standard InChI is InChI=1S/C12H17NO3/c1-3-16-11-6-4-10(5-7-11)13(2)12(15)8-9-14/h4-7,14H,3,8-9H2,1-2H3. The Balaban J connectivity index is 2.69. The van der Waals surface area contributed by atoms with Gasteiger partial charge in [0.2, 0.25) is 5.91 Å². The highest BCUT2D eigenvalue weighted by Crippen LogP contribution is 2.18. The predicted octanol–water partition coefficient (Wildman–Crippen LogP) is 1.43. The topological polar surface area (TPSA) is 49.8 Å². The van der Waals surface area contributed by atoms with E-state index in [1.807, 2.05) is 31.2 Å². The van der Waals surface area contributed by atoms with Gasteiger partial charge in [-0.15, -0.1) is 0 Å². The monoisotopic (exact) mass is 223 g/mol. The van der Waals surface area contributed by atoms with Gasteiger partial charge in [-0.25, -0.2) is 0 Å². The third-order valence-electron chi connectivity index (χ3n) is 2.23. The lowest BCUT2D eigenvalue weighted by Gasteiger charge is -2.17. The van der Waals surface area contributed by atoms with Crippen LogP contribution in [-0.2, 0) is 4.79 Å². The molecule has 0 heterocycles. The van der Waals surface area contributed by atoms with E-state index in [0.717, 1.165) is 11.4 Å². The van der Waals surface area contributed by atoms with Gasteiger partial charge in [-0.05, 0) is 31.2 Å². The maximum absolute atomic E-state index is 11.5. The minimum Gasteiger partial charge on any atom is -0.494 e. The first-order valence-electron chi connectivity index (χ1n) is 5.29. The molecule has 1 rings (SSSR count). The zero-order valence-corrected chi connectivity index (χ0v) is 9.64. The largest absolute Gasteiger partial charge is 0.494 e. The second-order valence-corrected chi connectivity index (χ2v) is 3.35. The van der Waals surface area contributed by atoms with E-state index in [1.165, 1.54) is 4.90 Å². The first-order chi connectivity index (χ1) is 7.69. The van der Waals surface area contributed by atoms with Crippen LogP contribution in [0.1, 0.15) is 13.3 Å². The van der Waals surface area contributed by atoms with E-state index < -0.39 is 0 Å². The van der Waals surface area contributed by atoms with Gasteiger partial charge in [0.15, 0.2) is 0 Å². The fraction of sp³-hybridized carbons (Fsp3) is 0.417. The molecule has 0 atom stereocenters. The first-order valence-corrected chi connectivity index (χ1v) is 5.29. The van der Waals surface area contributed by atoms with E-state index in [4.69, 9.17) is 9.84 Å². The third-order valence-corrected chi connectivity index (χ3v) is 2.23. The molecule has 1 amide bonds. The van der Waals surface area contributed by atoms with Crippen LogP contribution in [0.3, 0.4) is 0 Å². The van der Waals surface area contributed by atoms with Crippen molar-refractivity contribution in [3.63, 3.8) is 0 Å². The Morgan fingerprint density at radius 3 is 2.50 bits per heavy atom. The van der Waals surface area contributed by atoms with Gasteiger partial charge in [-0.1, -0.05) is 0 Å². The van der Waals surface area contributed by atoms with Crippen LogP contribution in [0.15, 0.2) is 24.3 Å². The molecule has 1 aromatic carbocycles. The molecule has 1 aromatic rings. The molecule has 0 bridgehead atoms. The molecule has 0 aromatic heterocycles. The molecule has 0 aliphatic rings. The smallest absolute Gasteiger partial charge is 0.229 e. The number of hydrogen-bond donors (Lipinski definition) is 1. The van der Waals surface area contributed by atoms with E-state index in [-0.39, 0.29) is 18.9 Å². The number of carbonyl (C=O) groups excluding carboxylic acids is 1. The molecule has 0 unspecified atom stereocenters. The molecule has 0 fully saturated rings. The summed E-state index contributed by atoms with van der Waals surface area (Å²) in [5.74, 6) is 0.681. The van der Waals surface area contributed by atoms with Crippen molar-refractivity contribution in [3.8, 4) is 5.75 Å². The Hall–Kier alpha value is -1.55. The number of ether oxygens (including phenoxy) is 1. The van der Waals surface area contributed by atoms with Crippen LogP contribution in [0, 0.1) is 0 Å². The van der Waals surface area contributed by atoms with Gasteiger partial charge in [-0.2, -0.15) is 0 Å². The van der Waals surface area contributed by atoms with Crippen molar-refractivity contribution in [2.24, 2.45) is 0 Å². The predicted molar refractivity (Wildman–Crippen MR) is 62.7 cm³/mol. The number of benzene rings is 1. The zero-order valence-electron chi connectivity index (χ0n) is 9.64. The maximum Gasteiger partial charge on any atom is 0.229 e. The molecular formula is C12H17NO3. The average molecular weight is 223 g/mol. The highest BCUT2D eigenvalue weighted by Gasteiger charge is 2.09. The van der Waals surface area contributed by atoms with Crippen LogP contribution in [0.25, 0.3) is 0 Å². The second-order valence-electron chi connectivity index (χ2n) is 3.35. The average Bonchev–Trinajstić information content (AvgIpc) is 2.30. The van der Waals surface area contributed by atoms with E-state index in [1.54, 1.807) is 7.05 Å². The van der Waals surface area contributed by atoms with E-state index >= 15 is 0 Å². The molecule has 0 aliphatic carbocycles. The Bertz CT molecular complexity index is 335. The SMILES string of the molecule is CCOc1ccc(N(C)C(=O)CCO)cc1. The van der Waals surface area contributed by atoms with Crippen LogP contribution >= 0.6 is 0 Å². The first kappa shape index (κ1) is 12.5. The highest BCUT2D eigenvalue weighted by molar-refractivity contribution is 5.92. The number of carbonyl (C=O) groups is 1. The molecule has 4 nitrogen and oxygen atoms in total. The van der Waals surface area contributed by atoms with Crippen molar-refractivity contribution in [2.45, 2.75) is 13.3 Å². The summed E-state index contributed by atoms with van der Waals surface area (Å²) in [4.78, 5) is 13.0. The highest BCUT2D eigenvalue weighted by atomic mass is 16.5. The summed E-state index contributed by atoms with van der Waals surface area (Å²) >= 11 is 0. The quantitative estimate of drug-likeness (QED) is 0.821. The van der Waals surface area contributed by atoms with Gasteiger partial charge < -0.3 is 14.7 Å². The van der Waals surface area contributed by atoms with Crippen molar-refractivity contribution < 1.29 is 14.6 Å².